The Hall–Kier alpha value is -1.50. The van der Waals surface area contributed by atoms with Crippen LogP contribution >= 0.6 is 0 Å². The molecule has 0 spiro atoms. The van der Waals surface area contributed by atoms with E-state index in [0.29, 0.717) is 19.3 Å². The van der Waals surface area contributed by atoms with Gasteiger partial charge in [0.05, 0.1) is 24.7 Å². The van der Waals surface area contributed by atoms with E-state index in [0.717, 1.165) is 0 Å². The molecule has 1 aliphatic rings. The van der Waals surface area contributed by atoms with Crippen molar-refractivity contribution in [1.29, 1.82) is 5.26 Å². The van der Waals surface area contributed by atoms with E-state index < -0.39 is 5.97 Å². The highest BCUT2D eigenvalue weighted by molar-refractivity contribution is 5.89. The van der Waals surface area contributed by atoms with Crippen molar-refractivity contribution in [3.8, 4) is 6.07 Å². The second kappa shape index (κ2) is 3.94. The van der Waals surface area contributed by atoms with Crippen LogP contribution in [-0.4, -0.2) is 18.2 Å². The Labute approximate surface area is 76.4 Å². The summed E-state index contributed by atoms with van der Waals surface area (Å²) in [5.74, 6) is -0.638. The average molecular weight is 181 g/mol. The van der Waals surface area contributed by atoms with Gasteiger partial charge in [-0.25, -0.2) is 4.79 Å². The maximum Gasteiger partial charge on any atom is 0.337 e. The normalized spacial score (nSPS) is 22.3. The largest absolute Gasteiger partial charge is 0.512 e. The Balaban J connectivity index is 2.81. The van der Waals surface area contributed by atoms with E-state index in [9.17, 15) is 9.90 Å². The number of hydrogen-bond acceptors (Lipinski definition) is 4. The van der Waals surface area contributed by atoms with Crippen LogP contribution in [-0.2, 0) is 9.53 Å². The number of nitriles is 1. The predicted molar refractivity (Wildman–Crippen MR) is 44.6 cm³/mol. The van der Waals surface area contributed by atoms with Crippen LogP contribution in [0.1, 0.15) is 19.3 Å². The van der Waals surface area contributed by atoms with Gasteiger partial charge in [0, 0.05) is 6.42 Å². The zero-order valence-corrected chi connectivity index (χ0v) is 7.41. The summed E-state index contributed by atoms with van der Waals surface area (Å²) in [5.41, 5.74) is 0.250. The number of ether oxygens (including phenoxy) is 1. The molecule has 0 amide bonds. The molecule has 0 aromatic rings. The molecule has 0 radical (unpaired) electrons. The number of methoxy groups -OCH3 is 1. The first-order chi connectivity index (χ1) is 6.19. The quantitative estimate of drug-likeness (QED) is 0.619. The van der Waals surface area contributed by atoms with Gasteiger partial charge in [-0.3, -0.25) is 0 Å². The maximum absolute atomic E-state index is 11.1. The molecule has 0 bridgehead atoms. The number of carbonyl (C=O) groups is 1. The van der Waals surface area contributed by atoms with E-state index in [2.05, 4.69) is 10.8 Å². The van der Waals surface area contributed by atoms with Crippen LogP contribution in [0, 0.1) is 17.2 Å². The van der Waals surface area contributed by atoms with Crippen molar-refractivity contribution >= 4 is 5.97 Å². The molecule has 4 heteroatoms. The molecule has 0 heterocycles. The summed E-state index contributed by atoms with van der Waals surface area (Å²) in [5, 5.41) is 18.0. The smallest absolute Gasteiger partial charge is 0.337 e. The minimum absolute atomic E-state index is 0.0679. The number of carbonyl (C=O) groups excluding carboxylic acids is 1. The Morgan fingerprint density at radius 1 is 1.77 bits per heavy atom. The number of aliphatic hydroxyl groups excluding tert-OH is 1. The molecule has 0 aromatic heterocycles. The fraction of sp³-hybridized carbons (Fsp3) is 0.556. The molecule has 1 atom stereocenters. The standard InChI is InChI=1S/C9H11NO3/c1-13-9(12)7-4-6(5-10)2-3-8(7)11/h6,11H,2-4H2,1H3. The van der Waals surface area contributed by atoms with Gasteiger partial charge in [-0.05, 0) is 12.8 Å². The summed E-state index contributed by atoms with van der Waals surface area (Å²) >= 11 is 0. The van der Waals surface area contributed by atoms with Gasteiger partial charge in [0.25, 0.3) is 0 Å². The number of esters is 1. The highest BCUT2D eigenvalue weighted by atomic mass is 16.5. The molecular formula is C9H11NO3. The molecule has 1 aliphatic carbocycles. The Morgan fingerprint density at radius 2 is 2.46 bits per heavy atom. The Morgan fingerprint density at radius 3 is 3.00 bits per heavy atom. The Kier molecular flexibility index (Phi) is 2.91. The van der Waals surface area contributed by atoms with Crippen molar-refractivity contribution in [2.45, 2.75) is 19.3 Å². The van der Waals surface area contributed by atoms with Gasteiger partial charge < -0.3 is 9.84 Å². The maximum atomic E-state index is 11.1. The van der Waals surface area contributed by atoms with E-state index in [-0.39, 0.29) is 17.3 Å². The van der Waals surface area contributed by atoms with E-state index in [1.165, 1.54) is 7.11 Å². The minimum Gasteiger partial charge on any atom is -0.512 e. The fourth-order valence-corrected chi connectivity index (χ4v) is 1.36. The molecule has 0 aromatic carbocycles. The predicted octanol–water partition coefficient (Wildman–Crippen LogP) is 1.30. The third-order valence-corrected chi connectivity index (χ3v) is 2.14. The van der Waals surface area contributed by atoms with E-state index in [4.69, 9.17) is 5.26 Å². The monoisotopic (exact) mass is 181 g/mol. The van der Waals surface area contributed by atoms with Gasteiger partial charge in [0.1, 0.15) is 5.76 Å². The molecule has 0 fully saturated rings. The van der Waals surface area contributed by atoms with E-state index >= 15 is 0 Å². The highest BCUT2D eigenvalue weighted by Crippen LogP contribution is 2.28. The first kappa shape index (κ1) is 9.59. The van der Waals surface area contributed by atoms with Gasteiger partial charge in [0.15, 0.2) is 0 Å². The van der Waals surface area contributed by atoms with E-state index in [1.54, 1.807) is 0 Å². The number of hydrogen-bond donors (Lipinski definition) is 1. The molecule has 1 unspecified atom stereocenters. The van der Waals surface area contributed by atoms with E-state index in [1.807, 2.05) is 0 Å². The molecular weight excluding hydrogens is 170 g/mol. The van der Waals surface area contributed by atoms with Crippen molar-refractivity contribution < 1.29 is 14.6 Å². The van der Waals surface area contributed by atoms with Crippen molar-refractivity contribution in [2.75, 3.05) is 7.11 Å². The van der Waals surface area contributed by atoms with Gasteiger partial charge in [-0.1, -0.05) is 0 Å². The number of allylic oxidation sites excluding steroid dienone is 1. The summed E-state index contributed by atoms with van der Waals surface area (Å²) in [7, 11) is 1.26. The minimum atomic E-state index is -0.530. The van der Waals surface area contributed by atoms with Gasteiger partial charge in [0.2, 0.25) is 0 Å². The van der Waals surface area contributed by atoms with Crippen LogP contribution in [0.2, 0.25) is 0 Å². The van der Waals surface area contributed by atoms with Crippen molar-refractivity contribution in [2.24, 2.45) is 5.92 Å². The molecule has 70 valence electrons. The number of nitrogens with zero attached hydrogens (tertiary/aromatic N) is 1. The fourth-order valence-electron chi connectivity index (χ4n) is 1.36. The summed E-state index contributed by atoms with van der Waals surface area (Å²) in [6, 6.07) is 2.08. The summed E-state index contributed by atoms with van der Waals surface area (Å²) in [6.07, 6.45) is 1.31. The van der Waals surface area contributed by atoms with Gasteiger partial charge >= 0.3 is 5.97 Å². The summed E-state index contributed by atoms with van der Waals surface area (Å²) in [4.78, 5) is 11.1. The van der Waals surface area contributed by atoms with Crippen LogP contribution in [0.15, 0.2) is 11.3 Å². The molecule has 13 heavy (non-hydrogen) atoms. The van der Waals surface area contributed by atoms with Crippen LogP contribution < -0.4 is 0 Å². The van der Waals surface area contributed by atoms with Crippen molar-refractivity contribution in [3.05, 3.63) is 11.3 Å². The number of rotatable bonds is 1. The van der Waals surface area contributed by atoms with Crippen LogP contribution in [0.4, 0.5) is 0 Å². The SMILES string of the molecule is COC(=O)C1=C(O)CCC(C#N)C1. The molecule has 1 rings (SSSR count). The van der Waals surface area contributed by atoms with Crippen molar-refractivity contribution in [3.63, 3.8) is 0 Å². The first-order valence-corrected chi connectivity index (χ1v) is 4.08. The first-order valence-electron chi connectivity index (χ1n) is 4.08. The molecule has 0 saturated heterocycles. The summed E-state index contributed by atoms with van der Waals surface area (Å²) in [6.45, 7) is 0. The van der Waals surface area contributed by atoms with Gasteiger partial charge in [-0.2, -0.15) is 5.26 Å². The molecule has 0 saturated carbocycles. The summed E-state index contributed by atoms with van der Waals surface area (Å²) < 4.78 is 4.49. The lowest BCUT2D eigenvalue weighted by Crippen LogP contribution is -2.16. The average Bonchev–Trinajstić information content (AvgIpc) is 2.17. The lowest BCUT2D eigenvalue weighted by atomic mass is 9.89. The van der Waals surface area contributed by atoms with Crippen LogP contribution in [0.3, 0.4) is 0 Å². The lowest BCUT2D eigenvalue weighted by molar-refractivity contribution is -0.136. The topological polar surface area (TPSA) is 70.3 Å². The molecule has 4 nitrogen and oxygen atoms in total. The van der Waals surface area contributed by atoms with Gasteiger partial charge in [-0.15, -0.1) is 0 Å². The third kappa shape index (κ3) is 2.00. The van der Waals surface area contributed by atoms with Crippen LogP contribution in [0.25, 0.3) is 0 Å². The molecule has 0 aliphatic heterocycles. The number of aliphatic hydroxyl groups is 1. The highest BCUT2D eigenvalue weighted by Gasteiger charge is 2.25. The third-order valence-electron chi connectivity index (χ3n) is 2.14. The second-order valence-corrected chi connectivity index (χ2v) is 2.99. The zero-order valence-electron chi connectivity index (χ0n) is 7.41. The molecule has 1 N–H and O–H groups in total. The van der Waals surface area contributed by atoms with Crippen LogP contribution in [0.5, 0.6) is 0 Å². The second-order valence-electron chi connectivity index (χ2n) is 2.99. The lowest BCUT2D eigenvalue weighted by Gasteiger charge is -2.17. The van der Waals surface area contributed by atoms with Crippen molar-refractivity contribution in [1.82, 2.24) is 0 Å². The Bertz CT molecular complexity index is 288. The zero-order chi connectivity index (χ0) is 9.84.